The van der Waals surface area contributed by atoms with Gasteiger partial charge in [0.25, 0.3) is 0 Å². The second-order valence-electron chi connectivity index (χ2n) is 17.2. The molecule has 0 unspecified atom stereocenters. The van der Waals surface area contributed by atoms with E-state index in [1.165, 1.54) is 44.5 Å². The maximum Gasteiger partial charge on any atom is 0.0467 e. The van der Waals surface area contributed by atoms with E-state index in [0.717, 1.165) is 34.1 Å². The summed E-state index contributed by atoms with van der Waals surface area (Å²) in [5.74, 6) is 0. The first-order valence-corrected chi connectivity index (χ1v) is 20.3. The van der Waals surface area contributed by atoms with Crippen molar-refractivity contribution in [2.75, 3.05) is 9.80 Å². The zero-order chi connectivity index (χ0) is 40.3. The normalized spacial score (nSPS) is 11.6. The molecule has 0 atom stereocenters. The number of benzene rings is 8. The molecule has 2 nitrogen and oxygen atoms in total. The predicted molar refractivity (Wildman–Crippen MR) is 250 cm³/mol. The summed E-state index contributed by atoms with van der Waals surface area (Å²) in [7, 11) is 0. The molecule has 0 heterocycles. The van der Waals surface area contributed by atoms with Crippen molar-refractivity contribution in [3.63, 3.8) is 0 Å². The molecule has 0 aliphatic heterocycles. The second-order valence-corrected chi connectivity index (χ2v) is 17.2. The van der Waals surface area contributed by atoms with E-state index < -0.39 is 0 Å². The van der Waals surface area contributed by atoms with Crippen LogP contribution in [0.3, 0.4) is 0 Å². The summed E-state index contributed by atoms with van der Waals surface area (Å²) in [4.78, 5) is 4.67. The molecule has 0 amide bonds. The van der Waals surface area contributed by atoms with Crippen molar-refractivity contribution >= 4 is 34.1 Å². The highest BCUT2D eigenvalue weighted by Crippen LogP contribution is 2.40. The molecule has 2 heteroatoms. The Morgan fingerprint density at radius 2 is 0.534 bits per heavy atom. The Morgan fingerprint density at radius 3 is 0.931 bits per heavy atom. The molecule has 8 aromatic rings. The third-order valence-electron chi connectivity index (χ3n) is 11.0. The molecule has 58 heavy (non-hydrogen) atoms. The van der Waals surface area contributed by atoms with Crippen molar-refractivity contribution in [3.05, 3.63) is 217 Å². The Morgan fingerprint density at radius 1 is 0.241 bits per heavy atom. The van der Waals surface area contributed by atoms with Gasteiger partial charge in [-0.25, -0.2) is 0 Å². The summed E-state index contributed by atoms with van der Waals surface area (Å²) in [5, 5.41) is 0. The van der Waals surface area contributed by atoms with Gasteiger partial charge < -0.3 is 9.80 Å². The fourth-order valence-corrected chi connectivity index (χ4v) is 7.65. The van der Waals surface area contributed by atoms with E-state index in [9.17, 15) is 0 Å². The van der Waals surface area contributed by atoms with Gasteiger partial charge in [0.2, 0.25) is 0 Å². The Labute approximate surface area is 345 Å². The minimum absolute atomic E-state index is 0.0927. The van der Waals surface area contributed by atoms with Gasteiger partial charge >= 0.3 is 0 Å². The predicted octanol–water partition coefficient (Wildman–Crippen LogP) is 16.2. The van der Waals surface area contributed by atoms with E-state index in [1.807, 2.05) is 0 Å². The van der Waals surface area contributed by atoms with Crippen molar-refractivity contribution in [3.8, 4) is 33.4 Å². The van der Waals surface area contributed by atoms with E-state index in [4.69, 9.17) is 0 Å². The molecule has 8 aromatic carbocycles. The fraction of sp³-hybridized carbons (Fsp3) is 0.143. The number of nitrogens with zero attached hydrogens (tertiary/aromatic N) is 2. The van der Waals surface area contributed by atoms with Gasteiger partial charge in [-0.3, -0.25) is 0 Å². The first-order valence-electron chi connectivity index (χ1n) is 20.3. The first-order chi connectivity index (χ1) is 28.0. The van der Waals surface area contributed by atoms with Crippen molar-refractivity contribution in [1.82, 2.24) is 0 Å². The lowest BCUT2D eigenvalue weighted by molar-refractivity contribution is 0.590. The quantitative estimate of drug-likeness (QED) is 0.145. The number of para-hydroxylation sites is 2. The number of hydrogen-bond acceptors (Lipinski definition) is 2. The molecule has 0 spiro atoms. The molecule has 286 valence electrons. The van der Waals surface area contributed by atoms with E-state index >= 15 is 0 Å². The summed E-state index contributed by atoms with van der Waals surface area (Å²) < 4.78 is 0. The summed E-state index contributed by atoms with van der Waals surface area (Å²) >= 11 is 0. The Bertz CT molecular complexity index is 2590. The van der Waals surface area contributed by atoms with Crippen molar-refractivity contribution in [2.45, 2.75) is 52.4 Å². The van der Waals surface area contributed by atoms with Gasteiger partial charge in [-0.2, -0.15) is 0 Å². The summed E-state index contributed by atoms with van der Waals surface area (Å²) in [6, 6.07) is 74.9. The second kappa shape index (κ2) is 16.1. The van der Waals surface area contributed by atoms with Crippen molar-refractivity contribution in [2.24, 2.45) is 0 Å². The Hall–Kier alpha value is -6.64. The molecule has 0 N–H and O–H groups in total. The zero-order valence-electron chi connectivity index (χ0n) is 34.5. The molecule has 0 fully saturated rings. The molecule has 0 bridgehead atoms. The van der Waals surface area contributed by atoms with Crippen LogP contribution in [-0.2, 0) is 10.8 Å². The van der Waals surface area contributed by atoms with Gasteiger partial charge in [0.05, 0.1) is 0 Å². The number of anilines is 6. The average molecular weight is 753 g/mol. The van der Waals surface area contributed by atoms with Gasteiger partial charge in [-0.15, -0.1) is 0 Å². The summed E-state index contributed by atoms with van der Waals surface area (Å²) in [6.45, 7) is 13.6. The molecule has 0 radical (unpaired) electrons. The zero-order valence-corrected chi connectivity index (χ0v) is 34.5. The van der Waals surface area contributed by atoms with Crippen LogP contribution in [0, 0.1) is 0 Å². The highest BCUT2D eigenvalue weighted by atomic mass is 15.1. The van der Waals surface area contributed by atoms with Crippen molar-refractivity contribution < 1.29 is 0 Å². The molecule has 0 aromatic heterocycles. The van der Waals surface area contributed by atoms with E-state index in [-0.39, 0.29) is 10.8 Å². The van der Waals surface area contributed by atoms with E-state index in [2.05, 4.69) is 258 Å². The fourth-order valence-electron chi connectivity index (χ4n) is 7.65. The topological polar surface area (TPSA) is 6.48 Å². The molecule has 0 saturated carbocycles. The molecular formula is C56H52N2. The smallest absolute Gasteiger partial charge is 0.0467 e. The Balaban J connectivity index is 1.08. The van der Waals surface area contributed by atoms with Crippen LogP contribution < -0.4 is 9.80 Å². The molecular weight excluding hydrogens is 701 g/mol. The van der Waals surface area contributed by atoms with Gasteiger partial charge in [0.1, 0.15) is 0 Å². The SMILES string of the molecule is CC(C)(C)c1ccc(N(c2ccccc2)c2ccc(-c3cccc(-c4cccc(-c5cccc(N(c6ccccc6)c6ccc(C(C)(C)C)cc6)c5)c4)c3)cc2)cc1. The molecule has 0 saturated heterocycles. The third-order valence-corrected chi connectivity index (χ3v) is 11.0. The van der Waals surface area contributed by atoms with Crippen LogP contribution in [0.25, 0.3) is 33.4 Å². The third kappa shape index (κ3) is 8.38. The Kier molecular flexibility index (Phi) is 10.6. The molecule has 0 aliphatic rings. The van der Waals surface area contributed by atoms with Crippen LogP contribution >= 0.6 is 0 Å². The van der Waals surface area contributed by atoms with Crippen LogP contribution in [-0.4, -0.2) is 0 Å². The van der Waals surface area contributed by atoms with E-state index in [0.29, 0.717) is 0 Å². The van der Waals surface area contributed by atoms with Crippen LogP contribution in [0.2, 0.25) is 0 Å². The van der Waals surface area contributed by atoms with Crippen LogP contribution in [0.5, 0.6) is 0 Å². The van der Waals surface area contributed by atoms with Crippen LogP contribution in [0.1, 0.15) is 52.7 Å². The first kappa shape index (κ1) is 38.2. The van der Waals surface area contributed by atoms with Crippen molar-refractivity contribution in [1.29, 1.82) is 0 Å². The van der Waals surface area contributed by atoms with Gasteiger partial charge in [-0.05, 0) is 140 Å². The maximum absolute atomic E-state index is 2.34. The van der Waals surface area contributed by atoms with Gasteiger partial charge in [0.15, 0.2) is 0 Å². The largest absolute Gasteiger partial charge is 0.311 e. The lowest BCUT2D eigenvalue weighted by Crippen LogP contribution is -2.13. The number of rotatable bonds is 9. The van der Waals surface area contributed by atoms with Gasteiger partial charge in [0, 0.05) is 34.1 Å². The highest BCUT2D eigenvalue weighted by Gasteiger charge is 2.19. The minimum atomic E-state index is 0.0927. The molecule has 0 aliphatic carbocycles. The van der Waals surface area contributed by atoms with E-state index in [1.54, 1.807) is 0 Å². The summed E-state index contributed by atoms with van der Waals surface area (Å²) in [6.07, 6.45) is 0. The van der Waals surface area contributed by atoms with Crippen LogP contribution in [0.15, 0.2) is 206 Å². The monoisotopic (exact) mass is 752 g/mol. The lowest BCUT2D eigenvalue weighted by atomic mass is 9.87. The maximum atomic E-state index is 2.34. The number of hydrogen-bond donors (Lipinski definition) is 0. The average Bonchev–Trinajstić information content (AvgIpc) is 3.25. The van der Waals surface area contributed by atoms with Gasteiger partial charge in [-0.1, -0.05) is 163 Å². The summed E-state index contributed by atoms with van der Waals surface area (Å²) in [5.41, 5.74) is 16.7. The van der Waals surface area contributed by atoms with Crippen LogP contribution in [0.4, 0.5) is 34.1 Å². The standard InChI is InChI=1S/C56H52N2/c1-55(2,3)47-28-34-52(35-29-47)57(49-21-9-7-10-22-49)51-32-26-41(27-33-51)42-16-13-17-43(38-42)44-18-14-19-45(39-44)46-20-15-25-54(40-46)58(50-23-11-8-12-24-50)53-36-30-48(31-37-53)56(4,5)6/h7-40H,1-6H3. The highest BCUT2D eigenvalue weighted by molar-refractivity contribution is 5.83. The minimum Gasteiger partial charge on any atom is -0.311 e. The lowest BCUT2D eigenvalue weighted by Gasteiger charge is -2.27. The molecule has 8 rings (SSSR count).